The van der Waals surface area contributed by atoms with E-state index in [0.29, 0.717) is 0 Å². The molecule has 0 aliphatic rings. The Balaban J connectivity index is 2.08. The summed E-state index contributed by atoms with van der Waals surface area (Å²) in [4.78, 5) is 11.8. The molecule has 0 atom stereocenters. The van der Waals surface area contributed by atoms with Gasteiger partial charge in [0.05, 0.1) is 5.56 Å². The Morgan fingerprint density at radius 1 is 1.26 bits per heavy atom. The highest BCUT2D eigenvalue weighted by atomic mass is 19.1. The van der Waals surface area contributed by atoms with Crippen LogP contribution in [0.15, 0.2) is 42.5 Å². The van der Waals surface area contributed by atoms with Gasteiger partial charge in [-0.2, -0.15) is 0 Å². The van der Waals surface area contributed by atoms with Crippen LogP contribution in [0.4, 0.5) is 10.1 Å². The smallest absolute Gasteiger partial charge is 0.340 e. The molecule has 0 fully saturated rings. The second-order valence-electron chi connectivity index (χ2n) is 4.23. The second-order valence-corrected chi connectivity index (χ2v) is 4.23. The molecule has 4 heteroatoms. The van der Waals surface area contributed by atoms with Gasteiger partial charge in [0.25, 0.3) is 0 Å². The molecule has 98 valence electrons. The quantitative estimate of drug-likeness (QED) is 0.680. The zero-order chi connectivity index (χ0) is 13.8. The molecule has 0 saturated carbocycles. The molecule has 0 radical (unpaired) electrons. The molecule has 0 amide bonds. The fourth-order valence-corrected chi connectivity index (χ4v) is 1.71. The summed E-state index contributed by atoms with van der Waals surface area (Å²) in [6.07, 6.45) is 0. The van der Waals surface area contributed by atoms with Crippen molar-refractivity contribution in [1.82, 2.24) is 0 Å². The minimum atomic E-state index is -0.555. The van der Waals surface area contributed by atoms with Crippen molar-refractivity contribution in [2.45, 2.75) is 13.5 Å². The maximum atomic E-state index is 12.9. The zero-order valence-electron chi connectivity index (χ0n) is 10.5. The summed E-state index contributed by atoms with van der Waals surface area (Å²) in [7, 11) is 0. The number of nitrogen functional groups attached to an aromatic ring is 1. The lowest BCUT2D eigenvalue weighted by Crippen LogP contribution is -2.09. The molecule has 0 heterocycles. The van der Waals surface area contributed by atoms with Crippen molar-refractivity contribution in [3.63, 3.8) is 0 Å². The molecule has 0 aliphatic carbocycles. The van der Waals surface area contributed by atoms with Gasteiger partial charge in [0, 0.05) is 5.69 Å². The number of ether oxygens (including phenoxy) is 1. The lowest BCUT2D eigenvalue weighted by atomic mass is 10.1. The van der Waals surface area contributed by atoms with Crippen LogP contribution in [0.25, 0.3) is 0 Å². The fourth-order valence-electron chi connectivity index (χ4n) is 1.71. The first-order valence-electron chi connectivity index (χ1n) is 5.84. The molecule has 0 unspecified atom stereocenters. The van der Waals surface area contributed by atoms with E-state index in [1.807, 2.05) is 31.2 Å². The molecule has 0 aliphatic heterocycles. The van der Waals surface area contributed by atoms with Gasteiger partial charge in [-0.3, -0.25) is 0 Å². The zero-order valence-corrected chi connectivity index (χ0v) is 10.5. The number of benzene rings is 2. The van der Waals surface area contributed by atoms with Crippen LogP contribution in [0.5, 0.6) is 0 Å². The number of hydrogen-bond donors (Lipinski definition) is 1. The maximum absolute atomic E-state index is 12.9. The van der Waals surface area contributed by atoms with E-state index < -0.39 is 11.8 Å². The lowest BCUT2D eigenvalue weighted by Gasteiger charge is -2.08. The van der Waals surface area contributed by atoms with Gasteiger partial charge in [-0.1, -0.05) is 24.3 Å². The van der Waals surface area contributed by atoms with Gasteiger partial charge in [-0.15, -0.1) is 0 Å². The number of hydrogen-bond acceptors (Lipinski definition) is 3. The Hall–Kier alpha value is -2.36. The summed E-state index contributed by atoms with van der Waals surface area (Å²) in [5.41, 5.74) is 7.81. The van der Waals surface area contributed by atoms with Crippen LogP contribution in [-0.4, -0.2) is 5.97 Å². The van der Waals surface area contributed by atoms with E-state index in [1.165, 1.54) is 12.1 Å². The highest BCUT2D eigenvalue weighted by Crippen LogP contribution is 2.16. The molecule has 2 aromatic carbocycles. The second kappa shape index (κ2) is 5.52. The van der Waals surface area contributed by atoms with Crippen LogP contribution in [0, 0.1) is 12.7 Å². The first kappa shape index (κ1) is 13.1. The Bertz CT molecular complexity index is 611. The van der Waals surface area contributed by atoms with Gasteiger partial charge < -0.3 is 10.5 Å². The minimum absolute atomic E-state index is 0.0785. The van der Waals surface area contributed by atoms with E-state index in [4.69, 9.17) is 10.5 Å². The molecule has 3 nitrogen and oxygen atoms in total. The van der Waals surface area contributed by atoms with Crippen molar-refractivity contribution in [3.05, 3.63) is 65.0 Å². The normalized spacial score (nSPS) is 10.2. The number of rotatable bonds is 3. The van der Waals surface area contributed by atoms with Gasteiger partial charge >= 0.3 is 5.97 Å². The summed E-state index contributed by atoms with van der Waals surface area (Å²) in [6.45, 7) is 2.11. The number of anilines is 1. The standard InChI is InChI=1S/C15H14FNO2/c1-10-4-2-3-5-11(10)9-19-15(18)13-7-6-12(16)8-14(13)17/h2-8H,9,17H2,1H3. The number of carbonyl (C=O) groups is 1. The van der Waals surface area contributed by atoms with Crippen LogP contribution in [0.1, 0.15) is 21.5 Å². The van der Waals surface area contributed by atoms with E-state index in [9.17, 15) is 9.18 Å². The average Bonchev–Trinajstić information content (AvgIpc) is 2.37. The van der Waals surface area contributed by atoms with Crippen LogP contribution >= 0.6 is 0 Å². The number of halogens is 1. The van der Waals surface area contributed by atoms with Crippen LogP contribution in [0.2, 0.25) is 0 Å². The number of nitrogens with two attached hydrogens (primary N) is 1. The SMILES string of the molecule is Cc1ccccc1COC(=O)c1ccc(F)cc1N. The summed E-state index contributed by atoms with van der Waals surface area (Å²) < 4.78 is 18.1. The first-order valence-corrected chi connectivity index (χ1v) is 5.84. The van der Waals surface area contributed by atoms with E-state index in [0.717, 1.165) is 17.2 Å². The van der Waals surface area contributed by atoms with Crippen molar-refractivity contribution in [3.8, 4) is 0 Å². The van der Waals surface area contributed by atoms with E-state index in [1.54, 1.807) is 0 Å². The van der Waals surface area contributed by atoms with E-state index in [-0.39, 0.29) is 17.9 Å². The largest absolute Gasteiger partial charge is 0.457 e. The molecule has 2 aromatic rings. The minimum Gasteiger partial charge on any atom is -0.457 e. The average molecular weight is 259 g/mol. The van der Waals surface area contributed by atoms with Crippen LogP contribution in [0.3, 0.4) is 0 Å². The van der Waals surface area contributed by atoms with Gasteiger partial charge in [0.1, 0.15) is 12.4 Å². The summed E-state index contributed by atoms with van der Waals surface area (Å²) in [5.74, 6) is -1.03. The fraction of sp³-hybridized carbons (Fsp3) is 0.133. The van der Waals surface area contributed by atoms with Crippen LogP contribution < -0.4 is 5.73 Å². The topological polar surface area (TPSA) is 52.3 Å². The third kappa shape index (κ3) is 3.10. The Kier molecular flexibility index (Phi) is 3.80. The molecule has 0 saturated heterocycles. The van der Waals surface area contributed by atoms with Crippen molar-refractivity contribution < 1.29 is 13.9 Å². The Labute approximate surface area is 110 Å². The highest BCUT2D eigenvalue weighted by molar-refractivity contribution is 5.94. The number of aryl methyl sites for hydroxylation is 1. The van der Waals surface area contributed by atoms with Crippen molar-refractivity contribution in [2.75, 3.05) is 5.73 Å². The van der Waals surface area contributed by atoms with Crippen molar-refractivity contribution in [1.29, 1.82) is 0 Å². The van der Waals surface area contributed by atoms with Crippen molar-refractivity contribution in [2.24, 2.45) is 0 Å². The summed E-state index contributed by atoms with van der Waals surface area (Å²) >= 11 is 0. The first-order chi connectivity index (χ1) is 9.08. The maximum Gasteiger partial charge on any atom is 0.340 e. The van der Waals surface area contributed by atoms with Crippen molar-refractivity contribution >= 4 is 11.7 Å². The van der Waals surface area contributed by atoms with Crippen LogP contribution in [-0.2, 0) is 11.3 Å². The Morgan fingerprint density at radius 2 is 2.00 bits per heavy atom. The molecule has 0 bridgehead atoms. The number of carbonyl (C=O) groups excluding carboxylic acids is 1. The monoisotopic (exact) mass is 259 g/mol. The molecular weight excluding hydrogens is 245 g/mol. The summed E-state index contributed by atoms with van der Waals surface area (Å²) in [6, 6.07) is 11.2. The summed E-state index contributed by atoms with van der Waals surface area (Å²) in [5, 5.41) is 0. The molecule has 2 N–H and O–H groups in total. The third-order valence-electron chi connectivity index (χ3n) is 2.85. The van der Waals surface area contributed by atoms with Gasteiger partial charge in [-0.25, -0.2) is 9.18 Å². The van der Waals surface area contributed by atoms with Gasteiger partial charge in [-0.05, 0) is 36.2 Å². The molecule has 0 aromatic heterocycles. The third-order valence-corrected chi connectivity index (χ3v) is 2.85. The predicted molar refractivity (Wildman–Crippen MR) is 71.1 cm³/mol. The molecule has 19 heavy (non-hydrogen) atoms. The van der Waals surface area contributed by atoms with E-state index >= 15 is 0 Å². The van der Waals surface area contributed by atoms with Gasteiger partial charge in [0.2, 0.25) is 0 Å². The molecular formula is C15H14FNO2. The highest BCUT2D eigenvalue weighted by Gasteiger charge is 2.12. The molecule has 2 rings (SSSR count). The molecule has 0 spiro atoms. The predicted octanol–water partition coefficient (Wildman–Crippen LogP) is 3.07. The van der Waals surface area contributed by atoms with E-state index in [2.05, 4.69) is 0 Å². The Morgan fingerprint density at radius 3 is 2.68 bits per heavy atom. The lowest BCUT2D eigenvalue weighted by molar-refractivity contribution is 0.0473. The van der Waals surface area contributed by atoms with Gasteiger partial charge in [0.15, 0.2) is 0 Å². The number of esters is 1.